The lowest BCUT2D eigenvalue weighted by Gasteiger charge is -2.04. The van der Waals surface area contributed by atoms with Crippen LogP contribution in [0.5, 0.6) is 0 Å². The van der Waals surface area contributed by atoms with Gasteiger partial charge in [-0.2, -0.15) is 0 Å². The molecule has 0 fully saturated rings. The first-order valence-electron chi connectivity index (χ1n) is 6.16. The van der Waals surface area contributed by atoms with Gasteiger partial charge in [-0.15, -0.1) is 10.2 Å². The first-order chi connectivity index (χ1) is 9.92. The van der Waals surface area contributed by atoms with Crippen LogP contribution in [0.25, 0.3) is 22.6 Å². The van der Waals surface area contributed by atoms with E-state index < -0.39 is 0 Å². The van der Waals surface area contributed by atoms with Gasteiger partial charge in [-0.1, -0.05) is 12.1 Å². The highest BCUT2D eigenvalue weighted by Crippen LogP contribution is 2.25. The molecule has 0 N–H and O–H groups in total. The highest BCUT2D eigenvalue weighted by molar-refractivity contribution is 5.79. The Labute approximate surface area is 113 Å². The van der Waals surface area contributed by atoms with Gasteiger partial charge in [0.15, 0.2) is 11.6 Å². The number of furan rings is 1. The van der Waals surface area contributed by atoms with Gasteiger partial charge >= 0.3 is 0 Å². The molecule has 20 heavy (non-hydrogen) atoms. The van der Waals surface area contributed by atoms with Crippen LogP contribution in [0, 0.1) is 0 Å². The quantitative estimate of drug-likeness (QED) is 0.570. The smallest absolute Gasteiger partial charge is 0.235 e. The topological polar surface area (TPSA) is 69.9 Å². The summed E-state index contributed by atoms with van der Waals surface area (Å²) in [6, 6.07) is 11.6. The number of nitrogens with zero attached hydrogens (tertiary/aromatic N) is 4. The lowest BCUT2D eigenvalue weighted by Crippen LogP contribution is -2.02. The number of hydrogen-bond acceptors (Lipinski definition) is 5. The summed E-state index contributed by atoms with van der Waals surface area (Å²) in [6.45, 7) is 0.455. The number of hydrogen-bond donors (Lipinski definition) is 0. The van der Waals surface area contributed by atoms with Gasteiger partial charge in [0, 0.05) is 0 Å². The van der Waals surface area contributed by atoms with Crippen LogP contribution < -0.4 is 0 Å². The SMILES string of the molecule is c1coc(-c2nc3ccccc3n2Cc2nnco2)c1. The summed E-state index contributed by atoms with van der Waals surface area (Å²) >= 11 is 0. The van der Waals surface area contributed by atoms with Gasteiger partial charge < -0.3 is 13.4 Å². The monoisotopic (exact) mass is 266 g/mol. The Hall–Kier alpha value is -2.89. The van der Waals surface area contributed by atoms with E-state index in [1.54, 1.807) is 6.26 Å². The van der Waals surface area contributed by atoms with Crippen molar-refractivity contribution in [3.8, 4) is 11.6 Å². The van der Waals surface area contributed by atoms with Crippen LogP contribution in [0.15, 0.2) is 57.9 Å². The Bertz CT molecular complexity index is 831. The van der Waals surface area contributed by atoms with Crippen LogP contribution in [0.4, 0.5) is 0 Å². The summed E-state index contributed by atoms with van der Waals surface area (Å²) in [5.74, 6) is 1.98. The Balaban J connectivity index is 1.93. The van der Waals surface area contributed by atoms with Crippen molar-refractivity contribution >= 4 is 11.0 Å². The van der Waals surface area contributed by atoms with Crippen molar-refractivity contribution in [3.63, 3.8) is 0 Å². The van der Waals surface area contributed by atoms with Gasteiger partial charge in [0.2, 0.25) is 12.3 Å². The second-order valence-corrected chi connectivity index (χ2v) is 4.32. The fourth-order valence-electron chi connectivity index (χ4n) is 2.23. The van der Waals surface area contributed by atoms with Crippen LogP contribution in [0.2, 0.25) is 0 Å². The molecule has 0 saturated carbocycles. The lowest BCUT2D eigenvalue weighted by molar-refractivity contribution is 0.479. The minimum Gasteiger partial charge on any atom is -0.461 e. The standard InChI is InChI=1S/C14H10N4O2/c1-2-5-11-10(4-1)16-14(12-6-3-7-19-12)18(11)8-13-17-15-9-20-13/h1-7,9H,8H2. The van der Waals surface area contributed by atoms with Gasteiger partial charge in [-0.3, -0.25) is 0 Å². The number of rotatable bonds is 3. The molecule has 0 unspecified atom stereocenters. The van der Waals surface area contributed by atoms with Gasteiger partial charge in [0.25, 0.3) is 0 Å². The summed E-state index contributed by atoms with van der Waals surface area (Å²) in [5.41, 5.74) is 1.90. The maximum absolute atomic E-state index is 5.46. The molecular formula is C14H10N4O2. The van der Waals surface area contributed by atoms with E-state index in [-0.39, 0.29) is 0 Å². The van der Waals surface area contributed by atoms with Crippen molar-refractivity contribution < 1.29 is 8.83 Å². The molecule has 0 radical (unpaired) electrons. The normalized spacial score (nSPS) is 11.2. The van der Waals surface area contributed by atoms with Crippen molar-refractivity contribution in [1.29, 1.82) is 0 Å². The third kappa shape index (κ3) is 1.70. The molecule has 0 atom stereocenters. The zero-order valence-electron chi connectivity index (χ0n) is 10.4. The maximum atomic E-state index is 5.46. The first kappa shape index (κ1) is 11.0. The lowest BCUT2D eigenvalue weighted by atomic mass is 10.3. The highest BCUT2D eigenvalue weighted by atomic mass is 16.4. The second kappa shape index (κ2) is 4.34. The zero-order chi connectivity index (χ0) is 13.4. The number of benzene rings is 1. The second-order valence-electron chi connectivity index (χ2n) is 4.32. The zero-order valence-corrected chi connectivity index (χ0v) is 10.4. The number of para-hydroxylation sites is 2. The molecule has 0 bridgehead atoms. The van der Waals surface area contributed by atoms with Gasteiger partial charge in [-0.05, 0) is 24.3 Å². The molecule has 1 aromatic carbocycles. The van der Waals surface area contributed by atoms with Crippen molar-refractivity contribution in [1.82, 2.24) is 19.7 Å². The molecule has 6 nitrogen and oxygen atoms in total. The Kier molecular flexibility index (Phi) is 2.38. The maximum Gasteiger partial charge on any atom is 0.235 e. The third-order valence-corrected chi connectivity index (χ3v) is 3.09. The van der Waals surface area contributed by atoms with Crippen LogP contribution in [-0.4, -0.2) is 19.7 Å². The van der Waals surface area contributed by atoms with E-state index in [1.165, 1.54) is 6.39 Å². The molecule has 0 saturated heterocycles. The van der Waals surface area contributed by atoms with E-state index in [2.05, 4.69) is 15.2 Å². The van der Waals surface area contributed by atoms with E-state index in [0.29, 0.717) is 18.2 Å². The van der Waals surface area contributed by atoms with Gasteiger partial charge in [0.1, 0.15) is 6.54 Å². The predicted octanol–water partition coefficient (Wildman–Crippen LogP) is 2.73. The Morgan fingerprint density at radius 3 is 2.80 bits per heavy atom. The predicted molar refractivity (Wildman–Crippen MR) is 70.8 cm³/mol. The van der Waals surface area contributed by atoms with Crippen LogP contribution in [0.3, 0.4) is 0 Å². The molecule has 3 heterocycles. The largest absolute Gasteiger partial charge is 0.461 e. The molecule has 6 heteroatoms. The molecule has 3 aromatic heterocycles. The van der Waals surface area contributed by atoms with Crippen molar-refractivity contribution in [2.75, 3.05) is 0 Å². The van der Waals surface area contributed by atoms with E-state index in [4.69, 9.17) is 8.83 Å². The highest BCUT2D eigenvalue weighted by Gasteiger charge is 2.16. The molecule has 0 spiro atoms. The van der Waals surface area contributed by atoms with Crippen LogP contribution >= 0.6 is 0 Å². The average molecular weight is 266 g/mol. The Morgan fingerprint density at radius 2 is 2.00 bits per heavy atom. The molecule has 98 valence electrons. The summed E-state index contributed by atoms with van der Waals surface area (Å²) in [6.07, 6.45) is 2.95. The number of fused-ring (bicyclic) bond motifs is 1. The Morgan fingerprint density at radius 1 is 1.05 bits per heavy atom. The van der Waals surface area contributed by atoms with E-state index in [9.17, 15) is 0 Å². The van der Waals surface area contributed by atoms with Crippen molar-refractivity contribution in [3.05, 3.63) is 54.9 Å². The van der Waals surface area contributed by atoms with Crippen molar-refractivity contribution in [2.24, 2.45) is 0 Å². The van der Waals surface area contributed by atoms with Gasteiger partial charge in [0.05, 0.1) is 17.3 Å². The first-order valence-corrected chi connectivity index (χ1v) is 6.16. The van der Waals surface area contributed by atoms with Crippen LogP contribution in [-0.2, 0) is 6.54 Å². The number of aromatic nitrogens is 4. The summed E-state index contributed by atoms with van der Waals surface area (Å²) in [7, 11) is 0. The molecule has 0 aliphatic carbocycles. The minimum absolute atomic E-state index is 0.455. The summed E-state index contributed by atoms with van der Waals surface area (Å²) in [4.78, 5) is 4.62. The van der Waals surface area contributed by atoms with E-state index in [1.807, 2.05) is 41.0 Å². The summed E-state index contributed by atoms with van der Waals surface area (Å²) < 4.78 is 12.7. The molecule has 4 aromatic rings. The summed E-state index contributed by atoms with van der Waals surface area (Å²) in [5, 5.41) is 7.63. The molecule has 0 aliphatic heterocycles. The van der Waals surface area contributed by atoms with Gasteiger partial charge in [-0.25, -0.2) is 4.98 Å². The molecule has 0 aliphatic rings. The van der Waals surface area contributed by atoms with Crippen LogP contribution in [0.1, 0.15) is 5.89 Å². The minimum atomic E-state index is 0.455. The average Bonchev–Trinajstić information content (AvgIpc) is 3.19. The van der Waals surface area contributed by atoms with E-state index >= 15 is 0 Å². The number of imidazole rings is 1. The molecule has 4 rings (SSSR count). The van der Waals surface area contributed by atoms with Crippen molar-refractivity contribution in [2.45, 2.75) is 6.54 Å². The fraction of sp³-hybridized carbons (Fsp3) is 0.0714. The van der Waals surface area contributed by atoms with E-state index in [0.717, 1.165) is 16.9 Å². The third-order valence-electron chi connectivity index (χ3n) is 3.09. The fourth-order valence-corrected chi connectivity index (χ4v) is 2.23. The molecular weight excluding hydrogens is 256 g/mol. The molecule has 0 amide bonds.